The zero-order valence-corrected chi connectivity index (χ0v) is 16.3. The molecule has 1 aromatic carbocycles. The third kappa shape index (κ3) is 6.15. The number of nitrogens with zero attached hydrogens (tertiary/aromatic N) is 2. The molecule has 0 aliphatic heterocycles. The molecular weight excluding hydrogens is 350 g/mol. The first-order valence-electron chi connectivity index (χ1n) is 8.87. The Bertz CT molecular complexity index is 743. The van der Waals surface area contributed by atoms with Crippen LogP contribution in [0.25, 0.3) is 6.08 Å². The van der Waals surface area contributed by atoms with Crippen molar-refractivity contribution in [3.63, 3.8) is 0 Å². The SMILES string of the molecule is CCCCOc1ccc(/C=C/C(=O)Nc2nnc(CC)s2)cc1OCC. The zero-order valence-electron chi connectivity index (χ0n) is 15.4. The highest BCUT2D eigenvalue weighted by Crippen LogP contribution is 2.29. The topological polar surface area (TPSA) is 73.3 Å². The van der Waals surface area contributed by atoms with Crippen molar-refractivity contribution in [1.29, 1.82) is 0 Å². The van der Waals surface area contributed by atoms with Crippen molar-refractivity contribution < 1.29 is 14.3 Å². The van der Waals surface area contributed by atoms with Crippen LogP contribution in [0, 0.1) is 0 Å². The van der Waals surface area contributed by atoms with Gasteiger partial charge in [0.05, 0.1) is 13.2 Å². The van der Waals surface area contributed by atoms with Gasteiger partial charge in [0.1, 0.15) is 5.01 Å². The number of ether oxygens (including phenoxy) is 2. The molecule has 140 valence electrons. The molecule has 1 aromatic heterocycles. The molecular formula is C19H25N3O3S. The van der Waals surface area contributed by atoms with Gasteiger partial charge in [-0.15, -0.1) is 10.2 Å². The summed E-state index contributed by atoms with van der Waals surface area (Å²) in [5.74, 6) is 1.16. The first-order valence-corrected chi connectivity index (χ1v) is 9.69. The highest BCUT2D eigenvalue weighted by molar-refractivity contribution is 7.15. The minimum atomic E-state index is -0.245. The lowest BCUT2D eigenvalue weighted by Crippen LogP contribution is -2.07. The molecule has 0 saturated carbocycles. The number of aryl methyl sites for hydroxylation is 1. The standard InChI is InChI=1S/C19H25N3O3S/c1-4-7-12-25-15-10-8-14(13-16(15)24-6-3)9-11-17(23)20-19-22-21-18(5-2)26-19/h8-11,13H,4-7,12H2,1-3H3,(H,20,22,23)/b11-9+. The number of carbonyl (C=O) groups is 1. The van der Waals surface area contributed by atoms with E-state index >= 15 is 0 Å². The first-order chi connectivity index (χ1) is 12.7. The van der Waals surface area contributed by atoms with E-state index in [-0.39, 0.29) is 5.91 Å². The number of nitrogens with one attached hydrogen (secondary N) is 1. The number of hydrogen-bond acceptors (Lipinski definition) is 6. The van der Waals surface area contributed by atoms with Gasteiger partial charge in [-0.1, -0.05) is 37.7 Å². The Morgan fingerprint density at radius 2 is 2.04 bits per heavy atom. The summed E-state index contributed by atoms with van der Waals surface area (Å²) in [7, 11) is 0. The predicted octanol–water partition coefficient (Wildman–Crippen LogP) is 4.33. The van der Waals surface area contributed by atoms with Crippen LogP contribution in [0.2, 0.25) is 0 Å². The summed E-state index contributed by atoms with van der Waals surface area (Å²) in [6.07, 6.45) is 6.08. The molecule has 1 heterocycles. The predicted molar refractivity (Wildman–Crippen MR) is 105 cm³/mol. The first kappa shape index (κ1) is 19.9. The molecule has 0 aliphatic carbocycles. The second-order valence-electron chi connectivity index (χ2n) is 5.52. The van der Waals surface area contributed by atoms with Crippen LogP contribution in [0.4, 0.5) is 5.13 Å². The van der Waals surface area contributed by atoms with Crippen LogP contribution in [0.5, 0.6) is 11.5 Å². The van der Waals surface area contributed by atoms with Gasteiger partial charge in [0, 0.05) is 6.08 Å². The molecule has 0 spiro atoms. The van der Waals surface area contributed by atoms with Crippen LogP contribution in [0.15, 0.2) is 24.3 Å². The van der Waals surface area contributed by atoms with Gasteiger partial charge in [-0.25, -0.2) is 0 Å². The van der Waals surface area contributed by atoms with E-state index in [9.17, 15) is 4.79 Å². The monoisotopic (exact) mass is 375 g/mol. The summed E-state index contributed by atoms with van der Waals surface area (Å²) in [6, 6.07) is 5.64. The molecule has 0 atom stereocenters. The van der Waals surface area contributed by atoms with Gasteiger partial charge in [0.15, 0.2) is 11.5 Å². The summed E-state index contributed by atoms with van der Waals surface area (Å²) in [6.45, 7) is 7.26. The van der Waals surface area contributed by atoms with Crippen LogP contribution in [-0.2, 0) is 11.2 Å². The quantitative estimate of drug-likeness (QED) is 0.494. The Morgan fingerprint density at radius 3 is 2.73 bits per heavy atom. The number of carbonyl (C=O) groups excluding carboxylic acids is 1. The molecule has 6 nitrogen and oxygen atoms in total. The van der Waals surface area contributed by atoms with Gasteiger partial charge in [0.25, 0.3) is 0 Å². The highest BCUT2D eigenvalue weighted by atomic mass is 32.1. The van der Waals surface area contributed by atoms with Crippen LogP contribution < -0.4 is 14.8 Å². The molecule has 26 heavy (non-hydrogen) atoms. The largest absolute Gasteiger partial charge is 0.490 e. The number of aromatic nitrogens is 2. The Morgan fingerprint density at radius 1 is 1.19 bits per heavy atom. The number of rotatable bonds is 10. The van der Waals surface area contributed by atoms with Gasteiger partial charge >= 0.3 is 0 Å². The number of amides is 1. The molecule has 2 aromatic rings. The van der Waals surface area contributed by atoms with Crippen LogP contribution in [-0.4, -0.2) is 29.3 Å². The van der Waals surface area contributed by atoms with E-state index in [2.05, 4.69) is 22.4 Å². The summed E-state index contributed by atoms with van der Waals surface area (Å²) < 4.78 is 11.4. The lowest BCUT2D eigenvalue weighted by molar-refractivity contribution is -0.111. The van der Waals surface area contributed by atoms with E-state index < -0.39 is 0 Å². The van der Waals surface area contributed by atoms with E-state index in [0.29, 0.717) is 24.1 Å². The molecule has 1 amide bonds. The van der Waals surface area contributed by atoms with E-state index in [1.54, 1.807) is 6.08 Å². The van der Waals surface area contributed by atoms with E-state index in [0.717, 1.165) is 35.6 Å². The molecule has 0 bridgehead atoms. The maximum atomic E-state index is 12.0. The van der Waals surface area contributed by atoms with Gasteiger partial charge in [-0.2, -0.15) is 0 Å². The smallest absolute Gasteiger partial charge is 0.250 e. The van der Waals surface area contributed by atoms with E-state index in [1.165, 1.54) is 17.4 Å². The molecule has 0 fully saturated rings. The summed E-state index contributed by atoms with van der Waals surface area (Å²) in [5, 5.41) is 12.0. The average molecular weight is 375 g/mol. The van der Waals surface area contributed by atoms with Crippen LogP contribution in [0.3, 0.4) is 0 Å². The molecule has 7 heteroatoms. The fraction of sp³-hybridized carbons (Fsp3) is 0.421. The number of anilines is 1. The molecule has 0 radical (unpaired) electrons. The van der Waals surface area contributed by atoms with Crippen molar-refractivity contribution in [2.45, 2.75) is 40.0 Å². The second kappa shape index (κ2) is 10.6. The Kier molecular flexibility index (Phi) is 8.08. The zero-order chi connectivity index (χ0) is 18.8. The average Bonchev–Trinajstić information content (AvgIpc) is 3.09. The van der Waals surface area contributed by atoms with Crippen LogP contribution >= 0.6 is 11.3 Å². The lowest BCUT2D eigenvalue weighted by Gasteiger charge is -2.12. The summed E-state index contributed by atoms with van der Waals surface area (Å²) in [4.78, 5) is 12.0. The maximum absolute atomic E-state index is 12.0. The Labute approximate surface area is 158 Å². The third-order valence-corrected chi connectivity index (χ3v) is 4.43. The molecule has 2 rings (SSSR count). The van der Waals surface area contributed by atoms with Crippen molar-refractivity contribution in [1.82, 2.24) is 10.2 Å². The van der Waals surface area contributed by atoms with Gasteiger partial charge in [-0.3, -0.25) is 10.1 Å². The number of hydrogen-bond donors (Lipinski definition) is 1. The maximum Gasteiger partial charge on any atom is 0.250 e. The number of unbranched alkanes of at least 4 members (excludes halogenated alkanes) is 1. The van der Waals surface area contributed by atoms with Crippen molar-refractivity contribution in [2.24, 2.45) is 0 Å². The molecule has 1 N–H and O–H groups in total. The molecule has 0 unspecified atom stereocenters. The van der Waals surface area contributed by atoms with Crippen molar-refractivity contribution in [3.8, 4) is 11.5 Å². The van der Waals surface area contributed by atoms with Gasteiger partial charge in [-0.05, 0) is 43.5 Å². The van der Waals surface area contributed by atoms with Crippen molar-refractivity contribution in [3.05, 3.63) is 34.8 Å². The van der Waals surface area contributed by atoms with Gasteiger partial charge < -0.3 is 9.47 Å². The Balaban J connectivity index is 2.01. The van der Waals surface area contributed by atoms with Gasteiger partial charge in [0.2, 0.25) is 11.0 Å². The highest BCUT2D eigenvalue weighted by Gasteiger charge is 2.07. The Hall–Kier alpha value is -2.41. The number of benzene rings is 1. The third-order valence-electron chi connectivity index (χ3n) is 3.45. The van der Waals surface area contributed by atoms with Crippen molar-refractivity contribution >= 4 is 28.5 Å². The van der Waals surface area contributed by atoms with E-state index in [4.69, 9.17) is 9.47 Å². The fourth-order valence-corrected chi connectivity index (χ4v) is 2.79. The lowest BCUT2D eigenvalue weighted by atomic mass is 10.2. The molecule has 0 saturated heterocycles. The van der Waals surface area contributed by atoms with Crippen LogP contribution in [0.1, 0.15) is 44.2 Å². The second-order valence-corrected chi connectivity index (χ2v) is 6.58. The minimum absolute atomic E-state index is 0.245. The molecule has 0 aliphatic rings. The minimum Gasteiger partial charge on any atom is -0.490 e. The fourth-order valence-electron chi connectivity index (χ4n) is 2.11. The summed E-state index contributed by atoms with van der Waals surface area (Å²) in [5.41, 5.74) is 0.859. The van der Waals surface area contributed by atoms with E-state index in [1.807, 2.05) is 32.0 Å². The normalized spacial score (nSPS) is 10.9. The summed E-state index contributed by atoms with van der Waals surface area (Å²) >= 11 is 1.38. The van der Waals surface area contributed by atoms with Crippen molar-refractivity contribution in [2.75, 3.05) is 18.5 Å².